The second kappa shape index (κ2) is 5.82. The molecule has 2 rings (SSSR count). The first-order valence-electron chi connectivity index (χ1n) is 6.57. The predicted octanol–water partition coefficient (Wildman–Crippen LogP) is 1.03. The topological polar surface area (TPSA) is 113 Å². The molecule has 0 aromatic heterocycles. The molecule has 7 heteroatoms. The Bertz CT molecular complexity index is 600. The number of hydrogen-bond acceptors (Lipinski definition) is 3. The van der Waals surface area contributed by atoms with E-state index in [1.165, 1.54) is 17.0 Å². The first kappa shape index (κ1) is 14.8. The Morgan fingerprint density at radius 3 is 2.67 bits per heavy atom. The van der Waals surface area contributed by atoms with E-state index >= 15 is 0 Å². The van der Waals surface area contributed by atoms with E-state index in [1.54, 1.807) is 13.0 Å². The number of carbonyl (C=O) groups excluding carboxylic acids is 2. The number of hydrogen-bond donors (Lipinski definition) is 3. The fourth-order valence-corrected chi connectivity index (χ4v) is 2.26. The average molecular weight is 291 g/mol. The third-order valence-corrected chi connectivity index (χ3v) is 3.60. The van der Waals surface area contributed by atoms with Gasteiger partial charge in [-0.2, -0.15) is 0 Å². The summed E-state index contributed by atoms with van der Waals surface area (Å²) in [7, 11) is 0. The van der Waals surface area contributed by atoms with Crippen LogP contribution in [0.25, 0.3) is 0 Å². The SMILES string of the molecule is Cc1ccc(C(=O)O)cc1NC(=O)N1CCC(C(N)=O)C1. The molecule has 0 saturated carbocycles. The monoisotopic (exact) mass is 291 g/mol. The largest absolute Gasteiger partial charge is 0.478 e. The molecule has 0 spiro atoms. The molecular formula is C14H17N3O4. The van der Waals surface area contributed by atoms with Crippen LogP contribution in [0.4, 0.5) is 10.5 Å². The van der Waals surface area contributed by atoms with E-state index in [2.05, 4.69) is 5.32 Å². The highest BCUT2D eigenvalue weighted by atomic mass is 16.4. The third-order valence-electron chi connectivity index (χ3n) is 3.60. The third kappa shape index (κ3) is 3.31. The van der Waals surface area contributed by atoms with Crippen LogP contribution in [-0.2, 0) is 4.79 Å². The predicted molar refractivity (Wildman–Crippen MR) is 76.0 cm³/mol. The molecule has 1 aromatic carbocycles. The smallest absolute Gasteiger partial charge is 0.335 e. The van der Waals surface area contributed by atoms with E-state index in [1.807, 2.05) is 0 Å². The number of benzene rings is 1. The van der Waals surface area contributed by atoms with Gasteiger partial charge >= 0.3 is 12.0 Å². The van der Waals surface area contributed by atoms with Crippen molar-refractivity contribution in [2.45, 2.75) is 13.3 Å². The minimum absolute atomic E-state index is 0.104. The van der Waals surface area contributed by atoms with Crippen LogP contribution in [0.15, 0.2) is 18.2 Å². The van der Waals surface area contributed by atoms with Crippen molar-refractivity contribution in [3.63, 3.8) is 0 Å². The van der Waals surface area contributed by atoms with Crippen molar-refractivity contribution in [3.05, 3.63) is 29.3 Å². The van der Waals surface area contributed by atoms with Gasteiger partial charge in [0.15, 0.2) is 0 Å². The van der Waals surface area contributed by atoms with Gasteiger partial charge in [-0.25, -0.2) is 9.59 Å². The Morgan fingerprint density at radius 1 is 1.38 bits per heavy atom. The van der Waals surface area contributed by atoms with E-state index in [-0.39, 0.29) is 17.5 Å². The molecule has 1 unspecified atom stereocenters. The highest BCUT2D eigenvalue weighted by Gasteiger charge is 2.29. The van der Waals surface area contributed by atoms with Gasteiger partial charge in [0.2, 0.25) is 5.91 Å². The van der Waals surface area contributed by atoms with Crippen molar-refractivity contribution in [1.29, 1.82) is 0 Å². The number of anilines is 1. The Morgan fingerprint density at radius 2 is 2.10 bits per heavy atom. The number of carboxylic acids is 1. The van der Waals surface area contributed by atoms with Gasteiger partial charge in [0, 0.05) is 18.8 Å². The zero-order chi connectivity index (χ0) is 15.6. The Kier molecular flexibility index (Phi) is 4.11. The summed E-state index contributed by atoms with van der Waals surface area (Å²) in [6, 6.07) is 4.17. The molecule has 21 heavy (non-hydrogen) atoms. The number of primary amides is 1. The minimum atomic E-state index is -1.06. The number of rotatable bonds is 3. The van der Waals surface area contributed by atoms with Crippen LogP contribution >= 0.6 is 0 Å². The van der Waals surface area contributed by atoms with Gasteiger partial charge in [-0.1, -0.05) is 6.07 Å². The van der Waals surface area contributed by atoms with Gasteiger partial charge in [-0.15, -0.1) is 0 Å². The minimum Gasteiger partial charge on any atom is -0.478 e. The normalized spacial score (nSPS) is 17.6. The second-order valence-electron chi connectivity index (χ2n) is 5.10. The Balaban J connectivity index is 2.08. The summed E-state index contributed by atoms with van der Waals surface area (Å²) in [5, 5.41) is 11.6. The Labute approximate surface area is 121 Å². The quantitative estimate of drug-likeness (QED) is 0.772. The van der Waals surface area contributed by atoms with Gasteiger partial charge < -0.3 is 21.1 Å². The van der Waals surface area contributed by atoms with Gasteiger partial charge in [0.05, 0.1) is 11.5 Å². The first-order valence-corrected chi connectivity index (χ1v) is 6.57. The fraction of sp³-hybridized carbons (Fsp3) is 0.357. The molecule has 112 valence electrons. The molecule has 7 nitrogen and oxygen atoms in total. The standard InChI is InChI=1S/C14H17N3O4/c1-8-2-3-9(13(19)20)6-11(8)16-14(21)17-5-4-10(7-17)12(15)18/h2-3,6,10H,4-5,7H2,1H3,(H2,15,18)(H,16,21)(H,19,20). The molecule has 4 N–H and O–H groups in total. The van der Waals surface area contributed by atoms with Gasteiger partial charge in [0.25, 0.3) is 0 Å². The van der Waals surface area contributed by atoms with Crippen LogP contribution < -0.4 is 11.1 Å². The van der Waals surface area contributed by atoms with Crippen molar-refractivity contribution in [2.75, 3.05) is 18.4 Å². The molecular weight excluding hydrogens is 274 g/mol. The summed E-state index contributed by atoms with van der Waals surface area (Å²) in [6.07, 6.45) is 0.552. The summed E-state index contributed by atoms with van der Waals surface area (Å²) in [4.78, 5) is 35.7. The van der Waals surface area contributed by atoms with E-state index in [9.17, 15) is 14.4 Å². The van der Waals surface area contributed by atoms with Crippen molar-refractivity contribution in [2.24, 2.45) is 11.7 Å². The first-order chi connectivity index (χ1) is 9.88. The number of nitrogens with two attached hydrogens (primary N) is 1. The Hall–Kier alpha value is -2.57. The second-order valence-corrected chi connectivity index (χ2v) is 5.10. The fourth-order valence-electron chi connectivity index (χ4n) is 2.26. The zero-order valence-corrected chi connectivity index (χ0v) is 11.6. The van der Waals surface area contributed by atoms with Crippen molar-refractivity contribution in [3.8, 4) is 0 Å². The van der Waals surface area contributed by atoms with E-state index in [0.29, 0.717) is 25.2 Å². The van der Waals surface area contributed by atoms with Crippen LogP contribution in [-0.4, -0.2) is 41.0 Å². The lowest BCUT2D eigenvalue weighted by atomic mass is 10.1. The summed E-state index contributed by atoms with van der Waals surface area (Å²) >= 11 is 0. The lowest BCUT2D eigenvalue weighted by Gasteiger charge is -2.18. The molecule has 0 aliphatic carbocycles. The summed E-state index contributed by atoms with van der Waals surface area (Å²) < 4.78 is 0. The molecule has 0 bridgehead atoms. The van der Waals surface area contributed by atoms with Gasteiger partial charge in [0.1, 0.15) is 0 Å². The molecule has 1 fully saturated rings. The molecule has 1 atom stereocenters. The maximum atomic E-state index is 12.1. The summed E-state index contributed by atoms with van der Waals surface area (Å²) in [6.45, 7) is 2.52. The summed E-state index contributed by atoms with van der Waals surface area (Å²) in [5.41, 5.74) is 6.54. The molecule has 0 radical (unpaired) electrons. The lowest BCUT2D eigenvalue weighted by molar-refractivity contribution is -0.121. The highest BCUT2D eigenvalue weighted by molar-refractivity contribution is 5.94. The van der Waals surface area contributed by atoms with Crippen molar-refractivity contribution >= 4 is 23.6 Å². The van der Waals surface area contributed by atoms with Gasteiger partial charge in [-0.05, 0) is 31.0 Å². The van der Waals surface area contributed by atoms with Crippen LogP contribution in [0.2, 0.25) is 0 Å². The van der Waals surface area contributed by atoms with Crippen LogP contribution in [0.5, 0.6) is 0 Å². The molecule has 3 amide bonds. The number of likely N-dealkylation sites (tertiary alicyclic amines) is 1. The average Bonchev–Trinajstić information content (AvgIpc) is 2.90. The molecule has 1 aliphatic heterocycles. The molecule has 1 aliphatic rings. The molecule has 1 heterocycles. The van der Waals surface area contributed by atoms with Crippen molar-refractivity contribution < 1.29 is 19.5 Å². The number of aryl methyl sites for hydroxylation is 1. The van der Waals surface area contributed by atoms with Crippen molar-refractivity contribution in [1.82, 2.24) is 4.90 Å². The zero-order valence-electron chi connectivity index (χ0n) is 11.6. The van der Waals surface area contributed by atoms with E-state index < -0.39 is 11.9 Å². The highest BCUT2D eigenvalue weighted by Crippen LogP contribution is 2.20. The number of nitrogens with zero attached hydrogens (tertiary/aromatic N) is 1. The number of nitrogens with one attached hydrogen (secondary N) is 1. The number of carboxylic acid groups (broad SMARTS) is 1. The van der Waals surface area contributed by atoms with Gasteiger partial charge in [-0.3, -0.25) is 4.79 Å². The van der Waals surface area contributed by atoms with Crippen LogP contribution in [0.3, 0.4) is 0 Å². The van der Waals surface area contributed by atoms with Crippen LogP contribution in [0.1, 0.15) is 22.3 Å². The maximum Gasteiger partial charge on any atom is 0.335 e. The van der Waals surface area contributed by atoms with E-state index in [4.69, 9.17) is 10.8 Å². The molecule has 1 saturated heterocycles. The maximum absolute atomic E-state index is 12.1. The van der Waals surface area contributed by atoms with Crippen LogP contribution in [0, 0.1) is 12.8 Å². The number of urea groups is 1. The molecule has 1 aromatic rings. The number of aromatic carboxylic acids is 1. The van der Waals surface area contributed by atoms with E-state index in [0.717, 1.165) is 5.56 Å². The number of amides is 3. The summed E-state index contributed by atoms with van der Waals surface area (Å²) in [5.74, 6) is -1.78. The lowest BCUT2D eigenvalue weighted by Crippen LogP contribution is -2.35. The number of carbonyl (C=O) groups is 3.